The van der Waals surface area contributed by atoms with Crippen molar-refractivity contribution < 1.29 is 19.1 Å². The highest BCUT2D eigenvalue weighted by Gasteiger charge is 2.67. The molecule has 1 aromatic carbocycles. The number of nitrogens with zero attached hydrogens (tertiary/aromatic N) is 1. The Morgan fingerprint density at radius 1 is 1.33 bits per heavy atom. The lowest BCUT2D eigenvalue weighted by Gasteiger charge is -2.25. The van der Waals surface area contributed by atoms with Gasteiger partial charge in [0.15, 0.2) is 0 Å². The lowest BCUT2D eigenvalue weighted by Crippen LogP contribution is -2.46. The van der Waals surface area contributed by atoms with Crippen molar-refractivity contribution in [2.24, 2.45) is 17.8 Å². The monoisotopic (exact) mass is 412 g/mol. The second kappa shape index (κ2) is 8.06. The Balaban J connectivity index is 1.48. The van der Waals surface area contributed by atoms with E-state index in [0.29, 0.717) is 18.2 Å². The highest BCUT2D eigenvalue weighted by atomic mass is 16.5. The van der Waals surface area contributed by atoms with E-state index in [0.717, 1.165) is 24.9 Å². The van der Waals surface area contributed by atoms with Gasteiger partial charge >= 0.3 is 0 Å². The molecular formula is C24H32N2O4. The summed E-state index contributed by atoms with van der Waals surface area (Å²) in [6.07, 6.45) is 6.78. The van der Waals surface area contributed by atoms with E-state index >= 15 is 0 Å². The summed E-state index contributed by atoms with van der Waals surface area (Å²) >= 11 is 0. The van der Waals surface area contributed by atoms with Gasteiger partial charge in [0.25, 0.3) is 0 Å². The van der Waals surface area contributed by atoms with Gasteiger partial charge in [0.05, 0.1) is 31.6 Å². The number of nitrogens with one attached hydrogen (secondary N) is 1. The standard InChI is InChI=1S/C24H32N2O4/c1-15(2)7-5-8-16(3)25-22(27)20-19-11-12-24(30-19)14-26(23(28)21(20)24)17-9-6-10-18(13-17)29-4/h6,9-13,15-16,19-21H,5,7-8,14H2,1-4H3,(H,25,27)/t16-,19-,20+,21-,24-/m1/s1. The van der Waals surface area contributed by atoms with Gasteiger partial charge in [-0.25, -0.2) is 0 Å². The third kappa shape index (κ3) is 3.62. The SMILES string of the molecule is COc1cccc(N2C[C@@]34C=C[C@@H](O3)[C@H](C(=O)N[C@H](C)CCCC(C)C)[C@@H]4C2=O)c1. The van der Waals surface area contributed by atoms with Crippen LogP contribution in [0.4, 0.5) is 5.69 Å². The van der Waals surface area contributed by atoms with E-state index in [-0.39, 0.29) is 24.0 Å². The predicted molar refractivity (Wildman–Crippen MR) is 115 cm³/mol. The molecule has 2 bridgehead atoms. The summed E-state index contributed by atoms with van der Waals surface area (Å²) in [5, 5.41) is 3.14. The first-order valence-electron chi connectivity index (χ1n) is 11.0. The minimum absolute atomic E-state index is 0.0530. The van der Waals surface area contributed by atoms with Gasteiger partial charge < -0.3 is 19.7 Å². The number of carbonyl (C=O) groups is 2. The lowest BCUT2D eigenvalue weighted by atomic mass is 9.76. The number of fused-ring (bicyclic) bond motifs is 1. The van der Waals surface area contributed by atoms with Crippen LogP contribution < -0.4 is 15.0 Å². The fourth-order valence-electron chi connectivity index (χ4n) is 5.04. The van der Waals surface area contributed by atoms with Gasteiger partial charge in [-0.1, -0.05) is 44.9 Å². The van der Waals surface area contributed by atoms with Crippen molar-refractivity contribution in [3.63, 3.8) is 0 Å². The molecule has 2 amide bonds. The van der Waals surface area contributed by atoms with Crippen LogP contribution >= 0.6 is 0 Å². The van der Waals surface area contributed by atoms with Crippen molar-refractivity contribution in [1.82, 2.24) is 5.32 Å². The molecule has 6 heteroatoms. The van der Waals surface area contributed by atoms with Gasteiger partial charge in [0, 0.05) is 17.8 Å². The number of methoxy groups -OCH3 is 1. The highest BCUT2D eigenvalue weighted by Crippen LogP contribution is 2.52. The first-order valence-corrected chi connectivity index (χ1v) is 11.0. The molecule has 162 valence electrons. The summed E-state index contributed by atoms with van der Waals surface area (Å²) in [6.45, 7) is 6.88. The smallest absolute Gasteiger partial charge is 0.234 e. The van der Waals surface area contributed by atoms with E-state index in [1.54, 1.807) is 12.0 Å². The zero-order chi connectivity index (χ0) is 21.5. The Labute approximate surface area is 178 Å². The molecule has 0 aromatic heterocycles. The van der Waals surface area contributed by atoms with Gasteiger partial charge in [-0.15, -0.1) is 0 Å². The predicted octanol–water partition coefficient (Wildman–Crippen LogP) is 3.31. The Morgan fingerprint density at radius 2 is 2.13 bits per heavy atom. The van der Waals surface area contributed by atoms with E-state index in [1.165, 1.54) is 0 Å². The number of anilines is 1. The van der Waals surface area contributed by atoms with Crippen LogP contribution in [0, 0.1) is 17.8 Å². The fraction of sp³-hybridized carbons (Fsp3) is 0.583. The molecule has 30 heavy (non-hydrogen) atoms. The number of hydrogen-bond donors (Lipinski definition) is 1. The molecule has 0 aliphatic carbocycles. The van der Waals surface area contributed by atoms with Gasteiger partial charge in [0.1, 0.15) is 11.4 Å². The topological polar surface area (TPSA) is 67.9 Å². The average Bonchev–Trinajstić information content (AvgIpc) is 3.36. The van der Waals surface area contributed by atoms with Gasteiger partial charge in [-0.2, -0.15) is 0 Å². The third-order valence-electron chi connectivity index (χ3n) is 6.58. The van der Waals surface area contributed by atoms with E-state index < -0.39 is 17.4 Å². The van der Waals surface area contributed by atoms with Crippen LogP contribution in [0.25, 0.3) is 0 Å². The molecule has 0 radical (unpaired) electrons. The zero-order valence-corrected chi connectivity index (χ0v) is 18.3. The molecule has 4 rings (SSSR count). The molecule has 0 unspecified atom stereocenters. The van der Waals surface area contributed by atoms with Crippen LogP contribution in [0.1, 0.15) is 40.0 Å². The normalized spacial score (nSPS) is 30.1. The Morgan fingerprint density at radius 3 is 2.87 bits per heavy atom. The van der Waals surface area contributed by atoms with Gasteiger partial charge in [0.2, 0.25) is 11.8 Å². The second-order valence-electron chi connectivity index (χ2n) is 9.26. The van der Waals surface area contributed by atoms with Crippen molar-refractivity contribution in [2.45, 2.75) is 57.8 Å². The average molecular weight is 413 g/mol. The Bertz CT molecular complexity index is 851. The number of ether oxygens (including phenoxy) is 2. The van der Waals surface area contributed by atoms with Crippen LogP contribution in [0.2, 0.25) is 0 Å². The maximum atomic E-state index is 13.4. The Kier molecular flexibility index (Phi) is 5.62. The van der Waals surface area contributed by atoms with Gasteiger partial charge in [-0.05, 0) is 31.4 Å². The molecule has 2 saturated heterocycles. The number of rotatable bonds is 8. The minimum atomic E-state index is -0.715. The third-order valence-corrected chi connectivity index (χ3v) is 6.58. The van der Waals surface area contributed by atoms with Crippen LogP contribution in [0.3, 0.4) is 0 Å². The number of amides is 2. The molecule has 1 N–H and O–H groups in total. The molecule has 1 spiro atoms. The highest BCUT2D eigenvalue weighted by molar-refractivity contribution is 6.03. The summed E-state index contributed by atoms with van der Waals surface area (Å²) < 4.78 is 11.5. The summed E-state index contributed by atoms with van der Waals surface area (Å²) in [7, 11) is 1.61. The quantitative estimate of drug-likeness (QED) is 0.665. The molecule has 2 fully saturated rings. The van der Waals surface area contributed by atoms with Crippen LogP contribution in [0.15, 0.2) is 36.4 Å². The van der Waals surface area contributed by atoms with Crippen LogP contribution in [0.5, 0.6) is 5.75 Å². The van der Waals surface area contributed by atoms with Crippen molar-refractivity contribution in [3.8, 4) is 5.75 Å². The molecular weight excluding hydrogens is 380 g/mol. The molecule has 5 atom stereocenters. The van der Waals surface area contributed by atoms with Crippen LogP contribution in [-0.2, 0) is 14.3 Å². The molecule has 3 heterocycles. The molecule has 0 saturated carbocycles. The lowest BCUT2D eigenvalue weighted by molar-refractivity contribution is -0.132. The molecule has 3 aliphatic rings. The molecule has 3 aliphatic heterocycles. The fourth-order valence-corrected chi connectivity index (χ4v) is 5.04. The first-order chi connectivity index (χ1) is 14.3. The van der Waals surface area contributed by atoms with E-state index in [4.69, 9.17) is 9.47 Å². The largest absolute Gasteiger partial charge is 0.497 e. The zero-order valence-electron chi connectivity index (χ0n) is 18.3. The maximum Gasteiger partial charge on any atom is 0.234 e. The van der Waals surface area contributed by atoms with Crippen molar-refractivity contribution in [2.75, 3.05) is 18.6 Å². The van der Waals surface area contributed by atoms with E-state index in [2.05, 4.69) is 19.2 Å². The van der Waals surface area contributed by atoms with Crippen LogP contribution in [-0.4, -0.2) is 43.2 Å². The maximum absolute atomic E-state index is 13.4. The second-order valence-corrected chi connectivity index (χ2v) is 9.26. The summed E-state index contributed by atoms with van der Waals surface area (Å²) in [4.78, 5) is 28.3. The van der Waals surface area contributed by atoms with Crippen molar-refractivity contribution >= 4 is 17.5 Å². The molecule has 6 nitrogen and oxygen atoms in total. The van der Waals surface area contributed by atoms with E-state index in [1.807, 2.05) is 43.3 Å². The molecule has 1 aromatic rings. The summed E-state index contributed by atoms with van der Waals surface area (Å²) in [6, 6.07) is 7.53. The summed E-state index contributed by atoms with van der Waals surface area (Å²) in [5.74, 6) is 0.264. The summed E-state index contributed by atoms with van der Waals surface area (Å²) in [5.41, 5.74) is 0.0538. The van der Waals surface area contributed by atoms with E-state index in [9.17, 15) is 9.59 Å². The number of benzene rings is 1. The van der Waals surface area contributed by atoms with Gasteiger partial charge in [-0.3, -0.25) is 9.59 Å². The van der Waals surface area contributed by atoms with Crippen molar-refractivity contribution in [1.29, 1.82) is 0 Å². The first kappa shape index (κ1) is 20.9. The minimum Gasteiger partial charge on any atom is -0.497 e. The number of carbonyl (C=O) groups excluding carboxylic acids is 2. The number of hydrogen-bond acceptors (Lipinski definition) is 4. The van der Waals surface area contributed by atoms with Crippen molar-refractivity contribution in [3.05, 3.63) is 36.4 Å². The Hall–Kier alpha value is -2.34.